The minimum Gasteiger partial charge on any atom is -0.388 e. The van der Waals surface area contributed by atoms with Gasteiger partial charge >= 0.3 is 0 Å². The van der Waals surface area contributed by atoms with Crippen molar-refractivity contribution in [2.75, 3.05) is 0 Å². The van der Waals surface area contributed by atoms with Crippen molar-refractivity contribution in [2.24, 2.45) is 0 Å². The highest BCUT2D eigenvalue weighted by molar-refractivity contribution is 5.13. The highest BCUT2D eigenvalue weighted by Gasteiger charge is 2.07. The standard InChI is InChI=1S/C11H12FNO/c1-2-3-4-5-11(14)9-6-10(12)8-13-7-9/h6-8,11,14H,4-5H2,1H3. The molecule has 1 aromatic rings. The number of pyridine rings is 1. The van der Waals surface area contributed by atoms with Crippen LogP contribution in [0.25, 0.3) is 0 Å². The Bertz CT molecular complexity index is 354. The van der Waals surface area contributed by atoms with Crippen LogP contribution in [0.1, 0.15) is 31.4 Å². The minimum absolute atomic E-state index is 0.428. The maximum Gasteiger partial charge on any atom is 0.141 e. The lowest BCUT2D eigenvalue weighted by Gasteiger charge is -2.07. The van der Waals surface area contributed by atoms with Gasteiger partial charge in [0.15, 0.2) is 0 Å². The van der Waals surface area contributed by atoms with E-state index in [0.717, 1.165) is 6.20 Å². The summed E-state index contributed by atoms with van der Waals surface area (Å²) in [5, 5.41) is 9.60. The molecule has 2 nitrogen and oxygen atoms in total. The smallest absolute Gasteiger partial charge is 0.141 e. The topological polar surface area (TPSA) is 33.1 Å². The van der Waals surface area contributed by atoms with Crippen molar-refractivity contribution in [1.29, 1.82) is 0 Å². The van der Waals surface area contributed by atoms with Crippen LogP contribution < -0.4 is 0 Å². The molecule has 1 aromatic heterocycles. The predicted octanol–water partition coefficient (Wildman–Crippen LogP) is 2.06. The van der Waals surface area contributed by atoms with Gasteiger partial charge in [0.25, 0.3) is 0 Å². The van der Waals surface area contributed by atoms with Crippen molar-refractivity contribution in [3.63, 3.8) is 0 Å². The van der Waals surface area contributed by atoms with Crippen molar-refractivity contribution >= 4 is 0 Å². The van der Waals surface area contributed by atoms with Crippen LogP contribution in [-0.2, 0) is 0 Å². The van der Waals surface area contributed by atoms with Gasteiger partial charge in [0.2, 0.25) is 0 Å². The lowest BCUT2D eigenvalue weighted by atomic mass is 10.1. The third-order valence-electron chi connectivity index (χ3n) is 1.83. The maximum absolute atomic E-state index is 12.7. The van der Waals surface area contributed by atoms with Crippen LogP contribution in [0.15, 0.2) is 18.5 Å². The van der Waals surface area contributed by atoms with Crippen LogP contribution in [0.5, 0.6) is 0 Å². The Morgan fingerprint density at radius 3 is 3.00 bits per heavy atom. The second kappa shape index (κ2) is 5.36. The summed E-state index contributed by atoms with van der Waals surface area (Å²) in [6.45, 7) is 1.75. The molecule has 74 valence electrons. The Labute approximate surface area is 82.8 Å². The first-order valence-electron chi connectivity index (χ1n) is 4.42. The number of halogens is 1. The molecule has 1 unspecified atom stereocenters. The van der Waals surface area contributed by atoms with E-state index in [4.69, 9.17) is 0 Å². The molecule has 1 atom stereocenters. The fourth-order valence-corrected chi connectivity index (χ4v) is 1.11. The van der Waals surface area contributed by atoms with Crippen molar-refractivity contribution in [1.82, 2.24) is 4.98 Å². The second-order valence-corrected chi connectivity index (χ2v) is 2.92. The summed E-state index contributed by atoms with van der Waals surface area (Å²) < 4.78 is 12.7. The van der Waals surface area contributed by atoms with E-state index >= 15 is 0 Å². The Hall–Kier alpha value is -1.40. The Balaban J connectivity index is 2.58. The van der Waals surface area contributed by atoms with Crippen molar-refractivity contribution in [3.05, 3.63) is 29.8 Å². The molecule has 1 heterocycles. The summed E-state index contributed by atoms with van der Waals surface area (Å²) in [5.74, 6) is 5.15. The molecule has 0 saturated heterocycles. The molecule has 0 fully saturated rings. The minimum atomic E-state index is -0.681. The molecule has 0 amide bonds. The summed E-state index contributed by atoms with van der Waals surface area (Å²) in [6.07, 6.45) is 3.01. The van der Waals surface area contributed by atoms with Gasteiger partial charge in [0, 0.05) is 18.2 Å². The fraction of sp³-hybridized carbons (Fsp3) is 0.364. The van der Waals surface area contributed by atoms with Gasteiger partial charge in [-0.25, -0.2) is 4.39 Å². The van der Waals surface area contributed by atoms with E-state index < -0.39 is 11.9 Å². The average molecular weight is 193 g/mol. The molecular weight excluding hydrogens is 181 g/mol. The SMILES string of the molecule is CC#CCCC(O)c1cncc(F)c1. The monoisotopic (exact) mass is 193 g/mol. The van der Waals surface area contributed by atoms with Gasteiger partial charge in [-0.15, -0.1) is 11.8 Å². The summed E-state index contributed by atoms with van der Waals surface area (Å²) >= 11 is 0. The number of aliphatic hydroxyl groups excluding tert-OH is 1. The Morgan fingerprint density at radius 2 is 2.36 bits per heavy atom. The highest BCUT2D eigenvalue weighted by atomic mass is 19.1. The molecule has 0 aliphatic heterocycles. The molecule has 0 spiro atoms. The van der Waals surface area contributed by atoms with Gasteiger partial charge in [0.05, 0.1) is 12.3 Å². The van der Waals surface area contributed by atoms with Crippen LogP contribution in [-0.4, -0.2) is 10.1 Å². The Kier molecular flexibility index (Phi) is 4.09. The zero-order valence-corrected chi connectivity index (χ0v) is 8.00. The lowest BCUT2D eigenvalue weighted by molar-refractivity contribution is 0.168. The van der Waals surface area contributed by atoms with E-state index in [2.05, 4.69) is 16.8 Å². The number of aliphatic hydroxyl groups is 1. The van der Waals surface area contributed by atoms with E-state index in [-0.39, 0.29) is 0 Å². The van der Waals surface area contributed by atoms with Crippen molar-refractivity contribution < 1.29 is 9.50 Å². The first-order valence-corrected chi connectivity index (χ1v) is 4.42. The van der Waals surface area contributed by atoms with Gasteiger partial charge in [-0.3, -0.25) is 4.98 Å². The highest BCUT2D eigenvalue weighted by Crippen LogP contribution is 2.17. The van der Waals surface area contributed by atoms with Crippen LogP contribution in [0.3, 0.4) is 0 Å². The lowest BCUT2D eigenvalue weighted by Crippen LogP contribution is -1.98. The molecule has 0 radical (unpaired) electrons. The van der Waals surface area contributed by atoms with Crippen LogP contribution in [0.4, 0.5) is 4.39 Å². The van der Waals surface area contributed by atoms with Gasteiger partial charge in [-0.2, -0.15) is 0 Å². The normalized spacial score (nSPS) is 11.6. The van der Waals surface area contributed by atoms with Crippen LogP contribution >= 0.6 is 0 Å². The van der Waals surface area contributed by atoms with Gasteiger partial charge in [-0.05, 0) is 19.4 Å². The molecule has 1 rings (SSSR count). The van der Waals surface area contributed by atoms with Gasteiger partial charge < -0.3 is 5.11 Å². The number of nitrogens with zero attached hydrogens (tertiary/aromatic N) is 1. The van der Waals surface area contributed by atoms with Gasteiger partial charge in [-0.1, -0.05) is 0 Å². The summed E-state index contributed by atoms with van der Waals surface area (Å²) in [5.41, 5.74) is 0.503. The number of hydrogen-bond acceptors (Lipinski definition) is 2. The van der Waals surface area contributed by atoms with Crippen LogP contribution in [0, 0.1) is 17.7 Å². The summed E-state index contributed by atoms with van der Waals surface area (Å²) in [4.78, 5) is 3.66. The fourth-order valence-electron chi connectivity index (χ4n) is 1.11. The first-order chi connectivity index (χ1) is 6.74. The molecule has 0 saturated carbocycles. The summed E-state index contributed by atoms with van der Waals surface area (Å²) in [7, 11) is 0. The number of hydrogen-bond donors (Lipinski definition) is 1. The molecule has 0 aliphatic rings. The van der Waals surface area contributed by atoms with E-state index in [1.54, 1.807) is 6.92 Å². The molecule has 1 N–H and O–H groups in total. The quantitative estimate of drug-likeness (QED) is 0.745. The first kappa shape index (κ1) is 10.7. The van der Waals surface area contributed by atoms with Crippen molar-refractivity contribution in [3.8, 4) is 11.8 Å². The third kappa shape index (κ3) is 3.15. The average Bonchev–Trinajstić information content (AvgIpc) is 2.18. The van der Waals surface area contributed by atoms with E-state index in [0.29, 0.717) is 18.4 Å². The maximum atomic E-state index is 12.7. The largest absolute Gasteiger partial charge is 0.388 e. The second-order valence-electron chi connectivity index (χ2n) is 2.92. The van der Waals surface area contributed by atoms with Crippen LogP contribution in [0.2, 0.25) is 0 Å². The zero-order valence-electron chi connectivity index (χ0n) is 8.00. The zero-order chi connectivity index (χ0) is 10.4. The molecule has 3 heteroatoms. The predicted molar refractivity (Wildman–Crippen MR) is 51.8 cm³/mol. The van der Waals surface area contributed by atoms with E-state index in [1.165, 1.54) is 12.3 Å². The number of aromatic nitrogens is 1. The van der Waals surface area contributed by atoms with Crippen molar-refractivity contribution in [2.45, 2.75) is 25.9 Å². The molecule has 0 bridgehead atoms. The summed E-state index contributed by atoms with van der Waals surface area (Å²) in [6, 6.07) is 1.29. The molecular formula is C11H12FNO. The molecule has 0 aromatic carbocycles. The third-order valence-corrected chi connectivity index (χ3v) is 1.83. The van der Waals surface area contributed by atoms with Gasteiger partial charge in [0.1, 0.15) is 5.82 Å². The number of rotatable bonds is 3. The molecule has 0 aliphatic carbocycles. The van der Waals surface area contributed by atoms with E-state index in [9.17, 15) is 9.50 Å². The van der Waals surface area contributed by atoms with E-state index in [1.807, 2.05) is 0 Å². The molecule has 14 heavy (non-hydrogen) atoms. The Morgan fingerprint density at radius 1 is 1.57 bits per heavy atom.